The normalized spacial score (nSPS) is 13.8. The first-order valence-corrected chi connectivity index (χ1v) is 11.6. The molecule has 34 heavy (non-hydrogen) atoms. The fourth-order valence-corrected chi connectivity index (χ4v) is 4.48. The Labute approximate surface area is 196 Å². The molecule has 0 radical (unpaired) electrons. The van der Waals surface area contributed by atoms with E-state index < -0.39 is 0 Å². The quantitative estimate of drug-likeness (QED) is 0.390. The Kier molecular flexibility index (Phi) is 4.69. The van der Waals surface area contributed by atoms with E-state index in [1.165, 1.54) is 17.5 Å². The fourth-order valence-electron chi connectivity index (χ4n) is 4.48. The third-order valence-corrected chi connectivity index (χ3v) is 6.46. The van der Waals surface area contributed by atoms with Crippen molar-refractivity contribution in [2.24, 2.45) is 0 Å². The van der Waals surface area contributed by atoms with E-state index >= 15 is 0 Å². The average molecular weight is 452 g/mol. The van der Waals surface area contributed by atoms with E-state index in [0.29, 0.717) is 22.8 Å². The van der Waals surface area contributed by atoms with E-state index in [1.807, 2.05) is 42.9 Å². The zero-order valence-electron chi connectivity index (χ0n) is 19.4. The Hall–Kier alpha value is -4.07. The summed E-state index contributed by atoms with van der Waals surface area (Å²) in [6, 6.07) is 11.7. The Morgan fingerprint density at radius 1 is 1.09 bits per heavy atom. The van der Waals surface area contributed by atoms with Crippen molar-refractivity contribution < 1.29 is 0 Å². The maximum absolute atomic E-state index is 13.5. The van der Waals surface area contributed by atoms with E-state index in [1.54, 1.807) is 18.5 Å². The molecule has 0 bridgehead atoms. The van der Waals surface area contributed by atoms with Crippen LogP contribution in [0.15, 0.2) is 66.1 Å². The van der Waals surface area contributed by atoms with Gasteiger partial charge in [0.1, 0.15) is 5.69 Å². The van der Waals surface area contributed by atoms with Gasteiger partial charge in [0.05, 0.1) is 23.6 Å². The summed E-state index contributed by atoms with van der Waals surface area (Å²) in [5.74, 6) is 1.80. The van der Waals surface area contributed by atoms with Gasteiger partial charge in [-0.2, -0.15) is 9.78 Å². The zero-order valence-corrected chi connectivity index (χ0v) is 19.4. The van der Waals surface area contributed by atoms with Crippen molar-refractivity contribution in [3.8, 4) is 23.0 Å². The molecule has 4 aromatic heterocycles. The summed E-state index contributed by atoms with van der Waals surface area (Å²) in [5.41, 5.74) is 3.69. The van der Waals surface area contributed by atoms with Crippen LogP contribution in [0.4, 0.5) is 0 Å². The number of aromatic nitrogens is 7. The molecule has 0 N–H and O–H groups in total. The Morgan fingerprint density at radius 2 is 1.94 bits per heavy atom. The molecule has 6 rings (SSSR count). The maximum Gasteiger partial charge on any atom is 0.280 e. The molecule has 8 heteroatoms. The van der Waals surface area contributed by atoms with E-state index in [9.17, 15) is 4.79 Å². The monoisotopic (exact) mass is 451 g/mol. The van der Waals surface area contributed by atoms with E-state index in [0.717, 1.165) is 28.3 Å². The molecular formula is C26H25N7O. The van der Waals surface area contributed by atoms with Crippen molar-refractivity contribution in [1.29, 1.82) is 0 Å². The molecule has 0 saturated heterocycles. The second-order valence-corrected chi connectivity index (χ2v) is 9.13. The molecule has 4 heterocycles. The van der Waals surface area contributed by atoms with Crippen LogP contribution in [-0.2, 0) is 0 Å². The summed E-state index contributed by atoms with van der Waals surface area (Å²) in [4.78, 5) is 27.3. The van der Waals surface area contributed by atoms with Gasteiger partial charge >= 0.3 is 0 Å². The summed E-state index contributed by atoms with van der Waals surface area (Å²) in [6.07, 6.45) is 9.67. The van der Waals surface area contributed by atoms with Crippen molar-refractivity contribution in [3.05, 3.63) is 83.1 Å². The second kappa shape index (κ2) is 7.76. The number of rotatable bonds is 5. The van der Waals surface area contributed by atoms with Crippen LogP contribution in [0.3, 0.4) is 0 Å². The Morgan fingerprint density at radius 3 is 2.74 bits per heavy atom. The number of benzene rings is 1. The van der Waals surface area contributed by atoms with Gasteiger partial charge in [0.25, 0.3) is 5.56 Å². The molecule has 0 unspecified atom stereocenters. The third kappa shape index (κ3) is 3.34. The minimum absolute atomic E-state index is 0.212. The summed E-state index contributed by atoms with van der Waals surface area (Å²) in [7, 11) is 0. The van der Waals surface area contributed by atoms with Crippen LogP contribution in [0.25, 0.3) is 33.8 Å². The molecule has 1 saturated carbocycles. The molecule has 170 valence electrons. The number of pyridine rings is 1. The van der Waals surface area contributed by atoms with E-state index in [-0.39, 0.29) is 11.6 Å². The molecule has 8 nitrogen and oxygen atoms in total. The molecule has 1 aromatic carbocycles. The molecule has 0 aliphatic heterocycles. The number of hydrogen-bond donors (Lipinski definition) is 0. The summed E-state index contributed by atoms with van der Waals surface area (Å²) in [6.45, 7) is 6.28. The Balaban J connectivity index is 1.44. The van der Waals surface area contributed by atoms with Crippen molar-refractivity contribution in [3.63, 3.8) is 0 Å². The first-order valence-electron chi connectivity index (χ1n) is 11.6. The lowest BCUT2D eigenvalue weighted by Crippen LogP contribution is -2.22. The minimum atomic E-state index is -0.212. The van der Waals surface area contributed by atoms with Gasteiger partial charge in [0, 0.05) is 41.1 Å². The number of hydrogen-bond acceptors (Lipinski definition) is 5. The highest BCUT2D eigenvalue weighted by molar-refractivity contribution is 5.83. The molecule has 0 atom stereocenters. The van der Waals surface area contributed by atoms with Crippen molar-refractivity contribution in [2.75, 3.05) is 0 Å². The largest absolute Gasteiger partial charge is 0.327 e. The molecular weight excluding hydrogens is 426 g/mol. The van der Waals surface area contributed by atoms with E-state index in [4.69, 9.17) is 4.98 Å². The topological polar surface area (TPSA) is 83.4 Å². The summed E-state index contributed by atoms with van der Waals surface area (Å²) < 4.78 is 5.47. The van der Waals surface area contributed by atoms with Gasteiger partial charge in [0.15, 0.2) is 11.6 Å². The van der Waals surface area contributed by atoms with Gasteiger partial charge in [-0.05, 0) is 57.9 Å². The minimum Gasteiger partial charge on any atom is -0.327 e. The lowest BCUT2D eigenvalue weighted by atomic mass is 10.1. The van der Waals surface area contributed by atoms with Crippen LogP contribution in [-0.4, -0.2) is 33.9 Å². The summed E-state index contributed by atoms with van der Waals surface area (Å²) >= 11 is 0. The lowest BCUT2D eigenvalue weighted by Gasteiger charge is -2.12. The van der Waals surface area contributed by atoms with Crippen LogP contribution in [0, 0.1) is 6.92 Å². The average Bonchev–Trinajstić information content (AvgIpc) is 3.42. The SMILES string of the molecule is Cc1c(C2CC2)ncn1-c1ccc2cnn(-c3cccc(-c4nccn4C(C)C)n3)c(=O)c2c1. The highest BCUT2D eigenvalue weighted by Gasteiger charge is 2.28. The fraction of sp³-hybridized carbons (Fsp3) is 0.269. The third-order valence-electron chi connectivity index (χ3n) is 6.46. The van der Waals surface area contributed by atoms with Crippen molar-refractivity contribution >= 4 is 10.8 Å². The maximum atomic E-state index is 13.5. The zero-order chi connectivity index (χ0) is 23.4. The van der Waals surface area contributed by atoms with Gasteiger partial charge in [-0.3, -0.25) is 4.79 Å². The van der Waals surface area contributed by atoms with Gasteiger partial charge in [-0.15, -0.1) is 0 Å². The standard InChI is InChI=1S/C26H25N7O/c1-16(2)31-12-11-27-25(31)22-5-4-6-23(30-22)33-26(34)21-13-20(10-9-19(21)14-29-33)32-15-28-24(17(32)3)18-7-8-18/h4-6,9-16,18H,7-8H2,1-3H3. The molecule has 5 aromatic rings. The van der Waals surface area contributed by atoms with Crippen LogP contribution in [0.2, 0.25) is 0 Å². The summed E-state index contributed by atoms with van der Waals surface area (Å²) in [5, 5.41) is 5.78. The van der Waals surface area contributed by atoms with Gasteiger partial charge in [-0.25, -0.2) is 15.0 Å². The second-order valence-electron chi connectivity index (χ2n) is 9.13. The molecule has 1 aliphatic rings. The van der Waals surface area contributed by atoms with Crippen molar-refractivity contribution in [2.45, 2.75) is 45.6 Å². The number of fused-ring (bicyclic) bond motifs is 1. The Bertz CT molecular complexity index is 1590. The molecule has 0 spiro atoms. The smallest absolute Gasteiger partial charge is 0.280 e. The van der Waals surface area contributed by atoms with Crippen LogP contribution in [0.1, 0.15) is 50.0 Å². The number of imidazole rings is 2. The predicted molar refractivity (Wildman–Crippen MR) is 131 cm³/mol. The van der Waals surface area contributed by atoms with E-state index in [2.05, 4.69) is 45.0 Å². The number of nitrogens with zero attached hydrogens (tertiary/aromatic N) is 7. The van der Waals surface area contributed by atoms with Gasteiger partial charge in [-0.1, -0.05) is 12.1 Å². The molecule has 0 amide bonds. The molecule has 1 aliphatic carbocycles. The van der Waals surface area contributed by atoms with Crippen LogP contribution >= 0.6 is 0 Å². The predicted octanol–water partition coefficient (Wildman–Crippen LogP) is 4.60. The first kappa shape index (κ1) is 20.5. The van der Waals surface area contributed by atoms with Gasteiger partial charge < -0.3 is 9.13 Å². The highest BCUT2D eigenvalue weighted by atomic mass is 16.1. The highest BCUT2D eigenvalue weighted by Crippen LogP contribution is 2.41. The van der Waals surface area contributed by atoms with Crippen LogP contribution in [0.5, 0.6) is 0 Å². The van der Waals surface area contributed by atoms with Gasteiger partial charge in [0.2, 0.25) is 0 Å². The molecule has 1 fully saturated rings. The first-order chi connectivity index (χ1) is 16.5. The lowest BCUT2D eigenvalue weighted by molar-refractivity contribution is 0.605. The van der Waals surface area contributed by atoms with Crippen LogP contribution < -0.4 is 5.56 Å². The van der Waals surface area contributed by atoms with Crippen molar-refractivity contribution in [1.82, 2.24) is 33.9 Å².